The van der Waals surface area contributed by atoms with Crippen LogP contribution in [-0.2, 0) is 12.8 Å². The molecule has 0 unspecified atom stereocenters. The number of nitrogens with zero attached hydrogens (tertiary/aromatic N) is 1. The van der Waals surface area contributed by atoms with Crippen LogP contribution < -0.4 is 14.8 Å². The molecule has 1 amide bonds. The van der Waals surface area contributed by atoms with Gasteiger partial charge in [0.1, 0.15) is 11.5 Å². The summed E-state index contributed by atoms with van der Waals surface area (Å²) >= 11 is 0. The summed E-state index contributed by atoms with van der Waals surface area (Å²) in [5, 5.41) is 10.1. The number of carbonyl (C=O) groups is 1. The Morgan fingerprint density at radius 2 is 1.77 bits per heavy atom. The summed E-state index contributed by atoms with van der Waals surface area (Å²) in [6.07, 6.45) is 1.51. The molecule has 1 aromatic carbocycles. The molecular weight excluding hydrogens is 282 g/mol. The van der Waals surface area contributed by atoms with Crippen LogP contribution in [0.25, 0.3) is 0 Å². The molecule has 0 bridgehead atoms. The third kappa shape index (κ3) is 3.21. The van der Waals surface area contributed by atoms with Crippen molar-refractivity contribution in [2.24, 2.45) is 0 Å². The molecule has 1 aromatic heterocycles. The monoisotopic (exact) mass is 303 g/mol. The zero-order chi connectivity index (χ0) is 16.1. The molecule has 0 aliphatic rings. The Kier molecular flexibility index (Phi) is 5.04. The van der Waals surface area contributed by atoms with E-state index in [1.807, 2.05) is 13.8 Å². The van der Waals surface area contributed by atoms with Crippen molar-refractivity contribution in [3.8, 4) is 11.5 Å². The molecule has 0 saturated heterocycles. The van der Waals surface area contributed by atoms with E-state index < -0.39 is 0 Å². The normalized spacial score (nSPS) is 10.4. The van der Waals surface area contributed by atoms with Crippen LogP contribution in [0.3, 0.4) is 0 Å². The predicted octanol–water partition coefficient (Wildman–Crippen LogP) is 2.80. The van der Waals surface area contributed by atoms with Crippen LogP contribution in [-0.4, -0.2) is 30.3 Å². The first-order valence-corrected chi connectivity index (χ1v) is 7.23. The molecule has 0 radical (unpaired) electrons. The molecule has 2 rings (SSSR count). The van der Waals surface area contributed by atoms with Gasteiger partial charge in [-0.25, -0.2) is 0 Å². The van der Waals surface area contributed by atoms with Gasteiger partial charge in [0.2, 0.25) is 0 Å². The summed E-state index contributed by atoms with van der Waals surface area (Å²) in [5.74, 6) is 0.925. The Hall–Kier alpha value is -2.50. The van der Waals surface area contributed by atoms with Crippen LogP contribution in [0.5, 0.6) is 11.5 Å². The molecule has 22 heavy (non-hydrogen) atoms. The standard InChI is InChI=1S/C16H21N3O3/c1-5-13-15(14(6-2)19-18-13)17-16(20)10-7-11(21-3)9-12(8-10)22-4/h7-9H,5-6H2,1-4H3,(H,17,20)(H,18,19). The summed E-state index contributed by atoms with van der Waals surface area (Å²) in [4.78, 5) is 12.5. The van der Waals surface area contributed by atoms with Crippen molar-refractivity contribution in [2.75, 3.05) is 19.5 Å². The van der Waals surface area contributed by atoms with Crippen molar-refractivity contribution < 1.29 is 14.3 Å². The SMILES string of the molecule is CCc1n[nH]c(CC)c1NC(=O)c1cc(OC)cc(OC)c1. The Bertz CT molecular complexity index is 621. The lowest BCUT2D eigenvalue weighted by molar-refractivity contribution is 0.102. The van der Waals surface area contributed by atoms with E-state index in [1.54, 1.807) is 32.4 Å². The van der Waals surface area contributed by atoms with E-state index in [4.69, 9.17) is 9.47 Å². The van der Waals surface area contributed by atoms with Crippen molar-refractivity contribution >= 4 is 11.6 Å². The summed E-state index contributed by atoms with van der Waals surface area (Å²) in [5.41, 5.74) is 3.00. The number of rotatable bonds is 6. The average Bonchev–Trinajstić information content (AvgIpc) is 2.95. The number of amides is 1. The second kappa shape index (κ2) is 6.98. The number of ether oxygens (including phenoxy) is 2. The number of hydrogen-bond acceptors (Lipinski definition) is 4. The molecule has 2 N–H and O–H groups in total. The quantitative estimate of drug-likeness (QED) is 0.860. The highest BCUT2D eigenvalue weighted by atomic mass is 16.5. The second-order valence-electron chi connectivity index (χ2n) is 4.79. The molecule has 118 valence electrons. The van der Waals surface area contributed by atoms with Crippen molar-refractivity contribution in [1.29, 1.82) is 0 Å². The number of anilines is 1. The topological polar surface area (TPSA) is 76.2 Å². The van der Waals surface area contributed by atoms with Gasteiger partial charge in [-0.2, -0.15) is 5.10 Å². The van der Waals surface area contributed by atoms with Gasteiger partial charge < -0.3 is 14.8 Å². The fourth-order valence-corrected chi connectivity index (χ4v) is 2.20. The summed E-state index contributed by atoms with van der Waals surface area (Å²) in [7, 11) is 3.10. The molecule has 0 fully saturated rings. The second-order valence-corrected chi connectivity index (χ2v) is 4.79. The van der Waals surface area contributed by atoms with Gasteiger partial charge in [0.15, 0.2) is 0 Å². The van der Waals surface area contributed by atoms with E-state index in [-0.39, 0.29) is 5.91 Å². The Labute approximate surface area is 129 Å². The Morgan fingerprint density at radius 3 is 2.27 bits per heavy atom. The van der Waals surface area contributed by atoms with E-state index in [0.717, 1.165) is 29.9 Å². The van der Waals surface area contributed by atoms with Crippen LogP contribution in [0.4, 0.5) is 5.69 Å². The van der Waals surface area contributed by atoms with Gasteiger partial charge in [-0.1, -0.05) is 13.8 Å². The molecule has 0 atom stereocenters. The van der Waals surface area contributed by atoms with E-state index in [1.165, 1.54) is 0 Å². The fourth-order valence-electron chi connectivity index (χ4n) is 2.20. The zero-order valence-corrected chi connectivity index (χ0v) is 13.3. The van der Waals surface area contributed by atoms with Crippen molar-refractivity contribution in [3.05, 3.63) is 35.2 Å². The minimum Gasteiger partial charge on any atom is -0.497 e. The molecule has 0 aliphatic heterocycles. The predicted molar refractivity (Wildman–Crippen MR) is 84.8 cm³/mol. The number of carbonyl (C=O) groups excluding carboxylic acids is 1. The highest BCUT2D eigenvalue weighted by molar-refractivity contribution is 6.05. The van der Waals surface area contributed by atoms with Gasteiger partial charge in [0.25, 0.3) is 5.91 Å². The maximum atomic E-state index is 12.5. The molecular formula is C16H21N3O3. The summed E-state index contributed by atoms with van der Waals surface area (Å²) < 4.78 is 10.4. The number of hydrogen-bond donors (Lipinski definition) is 2. The third-order valence-electron chi connectivity index (χ3n) is 3.46. The smallest absolute Gasteiger partial charge is 0.256 e. The van der Waals surface area contributed by atoms with E-state index in [0.29, 0.717) is 17.1 Å². The van der Waals surface area contributed by atoms with Gasteiger partial charge in [-0.05, 0) is 25.0 Å². The highest BCUT2D eigenvalue weighted by Gasteiger charge is 2.16. The van der Waals surface area contributed by atoms with Gasteiger partial charge in [0, 0.05) is 11.6 Å². The fraction of sp³-hybridized carbons (Fsp3) is 0.375. The van der Waals surface area contributed by atoms with Crippen LogP contribution in [0, 0.1) is 0 Å². The molecule has 0 saturated carbocycles. The van der Waals surface area contributed by atoms with Gasteiger partial charge in [-0.15, -0.1) is 0 Å². The van der Waals surface area contributed by atoms with Gasteiger partial charge in [-0.3, -0.25) is 9.89 Å². The molecule has 1 heterocycles. The summed E-state index contributed by atoms with van der Waals surface area (Å²) in [6.45, 7) is 4.01. The largest absolute Gasteiger partial charge is 0.497 e. The number of aryl methyl sites for hydroxylation is 2. The first-order valence-electron chi connectivity index (χ1n) is 7.23. The molecule has 2 aromatic rings. The molecule has 6 heteroatoms. The van der Waals surface area contributed by atoms with Crippen LogP contribution in [0.15, 0.2) is 18.2 Å². The van der Waals surface area contributed by atoms with Crippen molar-refractivity contribution in [2.45, 2.75) is 26.7 Å². The van der Waals surface area contributed by atoms with Crippen LogP contribution in [0.2, 0.25) is 0 Å². The maximum absolute atomic E-state index is 12.5. The lowest BCUT2D eigenvalue weighted by atomic mass is 10.1. The van der Waals surface area contributed by atoms with Gasteiger partial charge in [0.05, 0.1) is 31.3 Å². The number of aromatic nitrogens is 2. The Balaban J connectivity index is 2.31. The maximum Gasteiger partial charge on any atom is 0.256 e. The molecule has 6 nitrogen and oxygen atoms in total. The van der Waals surface area contributed by atoms with Gasteiger partial charge >= 0.3 is 0 Å². The zero-order valence-electron chi connectivity index (χ0n) is 13.3. The third-order valence-corrected chi connectivity index (χ3v) is 3.46. The van der Waals surface area contributed by atoms with Crippen LogP contribution in [0.1, 0.15) is 35.6 Å². The minimum atomic E-state index is -0.219. The first kappa shape index (κ1) is 15.9. The van der Waals surface area contributed by atoms with E-state index in [2.05, 4.69) is 15.5 Å². The Morgan fingerprint density at radius 1 is 1.14 bits per heavy atom. The number of methoxy groups -OCH3 is 2. The average molecular weight is 303 g/mol. The molecule has 0 aliphatic carbocycles. The number of aromatic amines is 1. The number of H-pyrrole nitrogens is 1. The van der Waals surface area contributed by atoms with E-state index >= 15 is 0 Å². The number of nitrogens with one attached hydrogen (secondary N) is 2. The van der Waals surface area contributed by atoms with E-state index in [9.17, 15) is 4.79 Å². The lowest BCUT2D eigenvalue weighted by Crippen LogP contribution is -2.14. The summed E-state index contributed by atoms with van der Waals surface area (Å²) in [6, 6.07) is 5.08. The number of benzene rings is 1. The van der Waals surface area contributed by atoms with Crippen LogP contribution >= 0.6 is 0 Å². The first-order chi connectivity index (χ1) is 10.6. The van der Waals surface area contributed by atoms with Crippen molar-refractivity contribution in [1.82, 2.24) is 10.2 Å². The molecule has 0 spiro atoms. The highest BCUT2D eigenvalue weighted by Crippen LogP contribution is 2.25. The lowest BCUT2D eigenvalue weighted by Gasteiger charge is -2.10. The minimum absolute atomic E-state index is 0.219. The van der Waals surface area contributed by atoms with Crippen molar-refractivity contribution in [3.63, 3.8) is 0 Å².